The third-order valence-electron chi connectivity index (χ3n) is 10.9. The maximum atomic E-state index is 14.5. The number of carbonyl (C=O) groups is 3. The fraction of sp³-hybridized carbons (Fsp3) is 0.302. The number of aryl methyl sites for hydroxylation is 2. The molecule has 8 nitrogen and oxygen atoms in total. The summed E-state index contributed by atoms with van der Waals surface area (Å²) in [6.45, 7) is 7.59. The van der Waals surface area contributed by atoms with E-state index in [1.54, 1.807) is 35.2 Å². The van der Waals surface area contributed by atoms with Gasteiger partial charge < -0.3 is 19.9 Å². The Bertz CT molecular complexity index is 2200. The topological polar surface area (TPSA) is 91.8 Å². The van der Waals surface area contributed by atoms with Gasteiger partial charge in [0.05, 0.1) is 16.1 Å². The summed E-state index contributed by atoms with van der Waals surface area (Å²) in [6, 6.07) is 23.5. The number of hydrogen-bond acceptors (Lipinski definition) is 7. The molecule has 5 heterocycles. The molecule has 10 heteroatoms. The van der Waals surface area contributed by atoms with E-state index in [9.17, 15) is 18.8 Å². The third kappa shape index (κ3) is 6.77. The minimum Gasteiger partial charge on any atom is -0.381 e. The molecule has 8 rings (SSSR count). The maximum absolute atomic E-state index is 14.5. The number of rotatable bonds is 8. The van der Waals surface area contributed by atoms with Crippen LogP contribution in [0, 0.1) is 18.2 Å². The first kappa shape index (κ1) is 34.9. The van der Waals surface area contributed by atoms with Gasteiger partial charge in [-0.2, -0.15) is 0 Å². The molecule has 2 aromatic heterocycles. The van der Waals surface area contributed by atoms with Crippen molar-refractivity contribution in [2.24, 2.45) is 5.41 Å². The summed E-state index contributed by atoms with van der Waals surface area (Å²) in [5.74, 6) is -0.176. The lowest BCUT2D eigenvalue weighted by Crippen LogP contribution is -2.59. The monoisotopic (exact) mass is 728 g/mol. The number of thiophene rings is 1. The lowest BCUT2D eigenvalue weighted by atomic mass is 9.73. The number of carbonyl (C=O) groups excluding carboxylic acids is 3. The van der Waals surface area contributed by atoms with Crippen molar-refractivity contribution in [3.63, 3.8) is 0 Å². The number of fused-ring (bicyclic) bond motifs is 3. The average Bonchev–Trinajstić information content (AvgIpc) is 3.53. The predicted octanol–water partition coefficient (Wildman–Crippen LogP) is 8.32. The Labute approximate surface area is 312 Å². The molecule has 1 spiro atoms. The number of para-hydroxylation sites is 1. The van der Waals surface area contributed by atoms with Crippen molar-refractivity contribution in [1.29, 1.82) is 0 Å². The van der Waals surface area contributed by atoms with Crippen molar-refractivity contribution < 1.29 is 23.5 Å². The number of nitrogens with zero attached hydrogens (tertiary/aromatic N) is 3. The number of hydrogen-bond donors (Lipinski definition) is 1. The fourth-order valence-electron chi connectivity index (χ4n) is 7.78. The fourth-order valence-corrected chi connectivity index (χ4v) is 8.96. The van der Waals surface area contributed by atoms with Gasteiger partial charge in [-0.1, -0.05) is 37.3 Å². The molecule has 5 aromatic rings. The summed E-state index contributed by atoms with van der Waals surface area (Å²) in [5, 5.41) is 3.04. The minimum absolute atomic E-state index is 0.000944. The molecule has 270 valence electrons. The second kappa shape index (κ2) is 14.3. The van der Waals surface area contributed by atoms with Crippen LogP contribution in [0.4, 0.5) is 21.6 Å². The Kier molecular flexibility index (Phi) is 9.43. The van der Waals surface area contributed by atoms with E-state index in [-0.39, 0.29) is 35.3 Å². The molecule has 0 unspecified atom stereocenters. The molecular weight excluding hydrogens is 688 g/mol. The van der Waals surface area contributed by atoms with Gasteiger partial charge in [-0.05, 0) is 103 Å². The van der Waals surface area contributed by atoms with Crippen LogP contribution in [0.2, 0.25) is 0 Å². The lowest BCUT2D eigenvalue weighted by molar-refractivity contribution is -0.000511. The van der Waals surface area contributed by atoms with E-state index in [0.29, 0.717) is 46.0 Å². The largest absolute Gasteiger partial charge is 0.381 e. The summed E-state index contributed by atoms with van der Waals surface area (Å²) < 4.78 is 20.1. The van der Waals surface area contributed by atoms with Crippen molar-refractivity contribution in [3.05, 3.63) is 129 Å². The van der Waals surface area contributed by atoms with Crippen molar-refractivity contribution in [2.75, 3.05) is 48.0 Å². The molecule has 3 aromatic carbocycles. The summed E-state index contributed by atoms with van der Waals surface area (Å²) >= 11 is 1.40. The zero-order valence-corrected chi connectivity index (χ0v) is 30.7. The maximum Gasteiger partial charge on any atom is 0.259 e. The standard InChI is InChI=1S/C43H41FN4O4S/c1-3-28-21-34(40(45-24-28)47-25-43(26-47)16-19-52-20-17-43)41(50)46-31-13-11-29(12-14-31)42(51)48-18-15-30-22-38(53-39(30)32-8-4-5-10-36(32)48)37(49)23-33-27(2)7-6-9-35(33)44/h4-14,21-22,24H,3,15-20,23,25-26H2,1-2H3,(H,46,50). The molecule has 0 radical (unpaired) electrons. The Hall–Kier alpha value is -5.19. The highest BCUT2D eigenvalue weighted by molar-refractivity contribution is 7.17. The summed E-state index contributed by atoms with van der Waals surface area (Å²) in [6.07, 6.45) is 5.25. The highest BCUT2D eigenvalue weighted by Gasteiger charge is 2.45. The zero-order chi connectivity index (χ0) is 36.7. The van der Waals surface area contributed by atoms with Gasteiger partial charge in [-0.25, -0.2) is 9.37 Å². The number of amides is 2. The Morgan fingerprint density at radius 1 is 0.981 bits per heavy atom. The lowest BCUT2D eigenvalue weighted by Gasteiger charge is -2.53. The van der Waals surface area contributed by atoms with Gasteiger partial charge in [0.1, 0.15) is 11.6 Å². The molecule has 2 saturated heterocycles. The van der Waals surface area contributed by atoms with E-state index >= 15 is 0 Å². The van der Waals surface area contributed by atoms with E-state index in [4.69, 9.17) is 9.72 Å². The van der Waals surface area contributed by atoms with Gasteiger partial charge in [0, 0.05) is 72.6 Å². The van der Waals surface area contributed by atoms with Crippen LogP contribution in [-0.4, -0.2) is 55.4 Å². The van der Waals surface area contributed by atoms with Crippen molar-refractivity contribution in [2.45, 2.75) is 46.0 Å². The molecule has 3 aliphatic rings. The first-order valence-corrected chi connectivity index (χ1v) is 19.1. The normalized spacial score (nSPS) is 16.0. The highest BCUT2D eigenvalue weighted by Crippen LogP contribution is 2.44. The van der Waals surface area contributed by atoms with Gasteiger partial charge in [0.15, 0.2) is 5.78 Å². The van der Waals surface area contributed by atoms with Crippen molar-refractivity contribution in [3.8, 4) is 10.4 Å². The molecule has 1 N–H and O–H groups in total. The summed E-state index contributed by atoms with van der Waals surface area (Å²) in [4.78, 5) is 51.4. The van der Waals surface area contributed by atoms with Crippen LogP contribution in [-0.2, 0) is 24.0 Å². The molecule has 53 heavy (non-hydrogen) atoms. The van der Waals surface area contributed by atoms with Crippen LogP contribution in [0.15, 0.2) is 85.1 Å². The average molecular weight is 729 g/mol. The minimum atomic E-state index is -0.370. The molecule has 0 aliphatic carbocycles. The second-order valence-corrected chi connectivity index (χ2v) is 15.4. The number of pyridine rings is 1. The summed E-state index contributed by atoms with van der Waals surface area (Å²) in [5.41, 5.74) is 6.69. The summed E-state index contributed by atoms with van der Waals surface area (Å²) in [7, 11) is 0. The van der Waals surface area contributed by atoms with E-state index in [1.165, 1.54) is 17.4 Å². The number of anilines is 3. The van der Waals surface area contributed by atoms with Gasteiger partial charge >= 0.3 is 0 Å². The Morgan fingerprint density at radius 3 is 2.51 bits per heavy atom. The van der Waals surface area contributed by atoms with Crippen LogP contribution >= 0.6 is 11.3 Å². The number of ketones is 1. The third-order valence-corrected chi connectivity index (χ3v) is 12.2. The van der Waals surface area contributed by atoms with Gasteiger partial charge in [-0.15, -0.1) is 11.3 Å². The molecule has 0 atom stereocenters. The first-order valence-electron chi connectivity index (χ1n) is 18.3. The second-order valence-electron chi connectivity index (χ2n) is 14.4. The van der Waals surface area contributed by atoms with E-state index in [2.05, 4.69) is 10.2 Å². The van der Waals surface area contributed by atoms with E-state index in [0.717, 1.165) is 78.4 Å². The van der Waals surface area contributed by atoms with Gasteiger partial charge in [0.25, 0.3) is 11.8 Å². The zero-order valence-electron chi connectivity index (χ0n) is 29.9. The molecule has 0 saturated carbocycles. The van der Waals surface area contributed by atoms with Gasteiger partial charge in [-0.3, -0.25) is 14.4 Å². The molecular formula is C43H41FN4O4S. The quantitative estimate of drug-likeness (QED) is 0.162. The number of halogens is 1. The number of Topliss-reactive ketones (excluding diaryl/α,β-unsaturated/α-hetero) is 1. The van der Waals surface area contributed by atoms with Crippen LogP contribution in [0.5, 0.6) is 0 Å². The van der Waals surface area contributed by atoms with Crippen LogP contribution < -0.4 is 15.1 Å². The van der Waals surface area contributed by atoms with Crippen LogP contribution in [0.1, 0.15) is 72.4 Å². The highest BCUT2D eigenvalue weighted by atomic mass is 32.1. The van der Waals surface area contributed by atoms with E-state index < -0.39 is 0 Å². The predicted molar refractivity (Wildman–Crippen MR) is 207 cm³/mol. The van der Waals surface area contributed by atoms with Crippen molar-refractivity contribution >= 4 is 46.1 Å². The SMILES string of the molecule is CCc1cnc(N2CC3(CCOCC3)C2)c(C(=O)Nc2ccc(C(=O)N3CCc4cc(C(=O)Cc5c(C)cccc5F)sc4-c4ccccc43)cc2)c1. The van der Waals surface area contributed by atoms with Gasteiger partial charge in [0.2, 0.25) is 0 Å². The number of ether oxygens (including phenoxy) is 1. The smallest absolute Gasteiger partial charge is 0.259 e. The van der Waals surface area contributed by atoms with Crippen LogP contribution in [0.3, 0.4) is 0 Å². The Morgan fingerprint density at radius 2 is 1.75 bits per heavy atom. The van der Waals surface area contributed by atoms with Crippen molar-refractivity contribution in [1.82, 2.24) is 4.98 Å². The molecule has 2 fully saturated rings. The van der Waals surface area contributed by atoms with Crippen LogP contribution in [0.25, 0.3) is 10.4 Å². The number of nitrogens with one attached hydrogen (secondary N) is 1. The number of benzene rings is 3. The van der Waals surface area contributed by atoms with E-state index in [1.807, 2.05) is 62.5 Å². The Balaban J connectivity index is 0.981. The first-order chi connectivity index (χ1) is 25.7. The molecule has 3 aliphatic heterocycles. The molecule has 0 bridgehead atoms. The number of aromatic nitrogens is 1. The molecule has 2 amide bonds.